The molecule has 0 bridgehead atoms. The van der Waals surface area contributed by atoms with Crippen molar-refractivity contribution < 1.29 is 19.1 Å². The molecule has 6 nitrogen and oxygen atoms in total. The van der Waals surface area contributed by atoms with Crippen LogP contribution in [0.3, 0.4) is 0 Å². The van der Waals surface area contributed by atoms with E-state index >= 15 is 0 Å². The zero-order chi connectivity index (χ0) is 19.7. The Labute approximate surface area is 149 Å². The molecule has 0 N–H and O–H groups in total. The van der Waals surface area contributed by atoms with Gasteiger partial charge in [0.1, 0.15) is 23.3 Å². The molecule has 0 saturated heterocycles. The van der Waals surface area contributed by atoms with Gasteiger partial charge in [-0.25, -0.2) is 9.59 Å². The van der Waals surface area contributed by atoms with Crippen molar-refractivity contribution >= 4 is 11.9 Å². The van der Waals surface area contributed by atoms with Crippen molar-refractivity contribution in [1.82, 2.24) is 0 Å². The monoisotopic (exact) mass is 344 g/mol. The molecule has 0 aromatic carbocycles. The summed E-state index contributed by atoms with van der Waals surface area (Å²) in [6, 6.07) is 3.47. The van der Waals surface area contributed by atoms with E-state index in [1.807, 2.05) is 6.92 Å². The lowest BCUT2D eigenvalue weighted by molar-refractivity contribution is -0.142. The zero-order valence-electron chi connectivity index (χ0n) is 14.9. The van der Waals surface area contributed by atoms with Crippen molar-refractivity contribution in [2.45, 2.75) is 39.7 Å². The summed E-state index contributed by atoms with van der Waals surface area (Å²) in [5, 5.41) is 17.0. The van der Waals surface area contributed by atoms with Crippen LogP contribution in [0.5, 0.6) is 0 Å². The summed E-state index contributed by atoms with van der Waals surface area (Å²) < 4.78 is 9.59. The fourth-order valence-electron chi connectivity index (χ4n) is 1.20. The van der Waals surface area contributed by atoms with Gasteiger partial charge in [-0.05, 0) is 32.4 Å². The van der Waals surface area contributed by atoms with Gasteiger partial charge in [0.05, 0.1) is 12.7 Å². The number of allylic oxidation sites excluding steroid dienone is 4. The van der Waals surface area contributed by atoms with E-state index in [1.54, 1.807) is 26.0 Å². The Balaban J connectivity index is 0. The van der Waals surface area contributed by atoms with Crippen LogP contribution in [0.15, 0.2) is 48.6 Å². The van der Waals surface area contributed by atoms with Gasteiger partial charge < -0.3 is 9.47 Å². The van der Waals surface area contributed by atoms with Crippen molar-refractivity contribution in [3.8, 4) is 12.1 Å². The molecule has 6 heteroatoms. The van der Waals surface area contributed by atoms with E-state index in [9.17, 15) is 9.59 Å². The number of nitriles is 2. The summed E-state index contributed by atoms with van der Waals surface area (Å²) in [4.78, 5) is 22.1. The molecule has 0 aromatic rings. The normalized spacial score (nSPS) is 10.5. The summed E-state index contributed by atoms with van der Waals surface area (Å²) in [6.07, 6.45) is 7.00. The molecule has 0 heterocycles. The first-order valence-electron chi connectivity index (χ1n) is 7.71. The topological polar surface area (TPSA) is 100 Å². The molecule has 0 saturated carbocycles. The van der Waals surface area contributed by atoms with Crippen molar-refractivity contribution in [1.29, 1.82) is 10.5 Å². The lowest BCUT2D eigenvalue weighted by Gasteiger charge is -2.05. The molecule has 0 unspecified atom stereocenters. The first-order chi connectivity index (χ1) is 11.9. The Bertz CT molecular complexity index is 602. The molecule has 134 valence electrons. The fourth-order valence-corrected chi connectivity index (χ4v) is 1.20. The minimum atomic E-state index is -0.604. The third kappa shape index (κ3) is 13.1. The average molecular weight is 344 g/mol. The summed E-state index contributed by atoms with van der Waals surface area (Å²) in [7, 11) is 0. The molecule has 0 rings (SSSR count). The average Bonchev–Trinajstić information content (AvgIpc) is 2.57. The van der Waals surface area contributed by atoms with Gasteiger partial charge in [-0.2, -0.15) is 10.5 Å². The molecular weight excluding hydrogens is 320 g/mol. The highest BCUT2D eigenvalue weighted by atomic mass is 16.5. The second kappa shape index (κ2) is 15.8. The van der Waals surface area contributed by atoms with Crippen LogP contribution in [0.4, 0.5) is 0 Å². The summed E-state index contributed by atoms with van der Waals surface area (Å²) >= 11 is 0. The number of ether oxygens (including phenoxy) is 2. The summed E-state index contributed by atoms with van der Waals surface area (Å²) in [6.45, 7) is 12.6. The molecule has 0 aliphatic carbocycles. The van der Waals surface area contributed by atoms with Gasteiger partial charge in [-0.3, -0.25) is 0 Å². The zero-order valence-corrected chi connectivity index (χ0v) is 14.9. The largest absolute Gasteiger partial charge is 0.462 e. The predicted molar refractivity (Wildman–Crippen MR) is 94.9 cm³/mol. The molecule has 0 amide bonds. The van der Waals surface area contributed by atoms with Crippen LogP contribution >= 0.6 is 0 Å². The van der Waals surface area contributed by atoms with E-state index in [1.165, 1.54) is 24.3 Å². The molecule has 0 atom stereocenters. The number of unbranched alkanes of at least 4 members (excludes halogenated alkanes) is 1. The Kier molecular flexibility index (Phi) is 15.2. The van der Waals surface area contributed by atoms with Gasteiger partial charge in [0.2, 0.25) is 0 Å². The van der Waals surface area contributed by atoms with Gasteiger partial charge in [0.15, 0.2) is 0 Å². The van der Waals surface area contributed by atoms with Crippen LogP contribution in [0.25, 0.3) is 0 Å². The van der Waals surface area contributed by atoms with E-state index in [4.69, 9.17) is 20.0 Å². The van der Waals surface area contributed by atoms with E-state index in [2.05, 4.69) is 13.2 Å². The van der Waals surface area contributed by atoms with E-state index < -0.39 is 11.9 Å². The SMILES string of the molecule is C=CC=C(C#N)C(=O)OC(C)C.C=CC=C(C#N)C(=O)OCCCC. The van der Waals surface area contributed by atoms with Crippen LogP contribution in [-0.2, 0) is 19.1 Å². The second-order valence-electron chi connectivity index (χ2n) is 4.80. The van der Waals surface area contributed by atoms with E-state index in [0.717, 1.165) is 12.8 Å². The summed E-state index contributed by atoms with van der Waals surface area (Å²) in [5.41, 5.74) is -0.0372. The number of carbonyl (C=O) groups excluding carboxylic acids is 2. The van der Waals surface area contributed by atoms with Crippen LogP contribution in [0, 0.1) is 22.7 Å². The minimum absolute atomic E-state index is 0.00824. The lowest BCUT2D eigenvalue weighted by atomic mass is 10.3. The number of rotatable bonds is 8. The van der Waals surface area contributed by atoms with Crippen molar-refractivity contribution in [2.24, 2.45) is 0 Å². The maximum Gasteiger partial charge on any atom is 0.349 e. The van der Waals surface area contributed by atoms with Gasteiger partial charge in [-0.1, -0.05) is 38.7 Å². The highest BCUT2D eigenvalue weighted by molar-refractivity contribution is 5.93. The highest BCUT2D eigenvalue weighted by Gasteiger charge is 2.10. The third-order valence-electron chi connectivity index (χ3n) is 2.32. The molecule has 0 radical (unpaired) electrons. The number of hydrogen-bond donors (Lipinski definition) is 0. The second-order valence-corrected chi connectivity index (χ2v) is 4.80. The molecule has 0 aliphatic heterocycles. The van der Waals surface area contributed by atoms with Gasteiger partial charge >= 0.3 is 11.9 Å². The first kappa shape index (κ1) is 24.1. The lowest BCUT2D eigenvalue weighted by Crippen LogP contribution is -2.12. The third-order valence-corrected chi connectivity index (χ3v) is 2.32. The molecule has 25 heavy (non-hydrogen) atoms. The van der Waals surface area contributed by atoms with Crippen molar-refractivity contribution in [3.05, 3.63) is 48.6 Å². The minimum Gasteiger partial charge on any atom is -0.462 e. The molecular formula is C19H24N2O4. The number of esters is 2. The van der Waals surface area contributed by atoms with Crippen LogP contribution in [0.2, 0.25) is 0 Å². The maximum atomic E-state index is 11.1. The smallest absolute Gasteiger partial charge is 0.349 e. The quantitative estimate of drug-likeness (QED) is 0.219. The molecule has 0 aliphatic rings. The van der Waals surface area contributed by atoms with Crippen LogP contribution < -0.4 is 0 Å². The molecule has 0 aromatic heterocycles. The van der Waals surface area contributed by atoms with Crippen LogP contribution in [-0.4, -0.2) is 24.6 Å². The maximum absolute atomic E-state index is 11.1. The van der Waals surface area contributed by atoms with Crippen molar-refractivity contribution in [2.75, 3.05) is 6.61 Å². The Morgan fingerprint density at radius 3 is 1.88 bits per heavy atom. The van der Waals surface area contributed by atoms with Crippen molar-refractivity contribution in [3.63, 3.8) is 0 Å². The van der Waals surface area contributed by atoms with E-state index in [0.29, 0.717) is 6.61 Å². The van der Waals surface area contributed by atoms with Gasteiger partial charge in [0, 0.05) is 0 Å². The van der Waals surface area contributed by atoms with Gasteiger partial charge in [0.25, 0.3) is 0 Å². The number of nitrogens with zero attached hydrogens (tertiary/aromatic N) is 2. The number of carbonyl (C=O) groups is 2. The fraction of sp³-hybridized carbons (Fsp3) is 0.368. The van der Waals surface area contributed by atoms with E-state index in [-0.39, 0.29) is 17.3 Å². The Morgan fingerprint density at radius 1 is 1.04 bits per heavy atom. The predicted octanol–water partition coefficient (Wildman–Crippen LogP) is 3.54. The molecule has 0 fully saturated rings. The van der Waals surface area contributed by atoms with Crippen LogP contribution in [0.1, 0.15) is 33.6 Å². The summed E-state index contributed by atoms with van der Waals surface area (Å²) in [5.74, 6) is -1.18. The highest BCUT2D eigenvalue weighted by Crippen LogP contribution is 2.00. The Hall–Kier alpha value is -3.12. The standard InChI is InChI=1S/C10H13NO2.C9H11NO2/c1-3-5-7-13-10(12)9(8-11)6-4-2;1-4-5-8(6-10)9(11)12-7(2)3/h4,6H,2-3,5,7H2,1H3;4-5,7H,1H2,2-3H3. The Morgan fingerprint density at radius 2 is 1.52 bits per heavy atom. The number of hydrogen-bond acceptors (Lipinski definition) is 6. The molecule has 0 spiro atoms. The first-order valence-corrected chi connectivity index (χ1v) is 7.71. The van der Waals surface area contributed by atoms with Gasteiger partial charge in [-0.15, -0.1) is 0 Å².